The van der Waals surface area contributed by atoms with Crippen LogP contribution in [-0.4, -0.2) is 18.6 Å². The van der Waals surface area contributed by atoms with E-state index in [0.717, 1.165) is 11.8 Å². The van der Waals surface area contributed by atoms with Crippen LogP contribution in [0.4, 0.5) is 0 Å². The lowest BCUT2D eigenvalue weighted by atomic mass is 10.2. The van der Waals surface area contributed by atoms with Gasteiger partial charge in [0.15, 0.2) is 0 Å². The van der Waals surface area contributed by atoms with E-state index in [1.807, 2.05) is 6.92 Å². The Morgan fingerprint density at radius 2 is 2.07 bits per heavy atom. The Kier molecular flexibility index (Phi) is 2.80. The minimum Gasteiger partial charge on any atom is -0.300 e. The van der Waals surface area contributed by atoms with E-state index >= 15 is 0 Å². The zero-order valence-electron chi connectivity index (χ0n) is 8.53. The topological polar surface area (TPSA) is 62.9 Å². The Hall–Kier alpha value is -1.10. The second kappa shape index (κ2) is 3.57. The summed E-state index contributed by atoms with van der Waals surface area (Å²) in [6.07, 6.45) is 3.34. The first-order valence-electron chi connectivity index (χ1n) is 4.33. The molecule has 0 atom stereocenters. The van der Waals surface area contributed by atoms with Crippen LogP contribution in [0.25, 0.3) is 0 Å². The molecule has 1 N–H and O–H groups in total. The highest BCUT2D eigenvalue weighted by Gasteiger charge is 2.08. The summed E-state index contributed by atoms with van der Waals surface area (Å²) >= 11 is 0. The van der Waals surface area contributed by atoms with Gasteiger partial charge in [0.1, 0.15) is 0 Å². The number of hydrogen-bond acceptors (Lipinski definition) is 3. The van der Waals surface area contributed by atoms with E-state index in [1.165, 1.54) is 10.2 Å². The molecule has 5 heteroatoms. The van der Waals surface area contributed by atoms with E-state index < -0.39 is 10.0 Å². The van der Waals surface area contributed by atoms with Crippen molar-refractivity contribution in [3.63, 3.8) is 0 Å². The van der Waals surface area contributed by atoms with Gasteiger partial charge in [0.05, 0.1) is 11.6 Å². The number of aromatic nitrogens is 1. The molecule has 4 nitrogen and oxygen atoms in total. The van der Waals surface area contributed by atoms with E-state index in [0.29, 0.717) is 17.5 Å². The summed E-state index contributed by atoms with van der Waals surface area (Å²) in [7, 11) is -3.25. The molecule has 1 rings (SSSR count). The summed E-state index contributed by atoms with van der Waals surface area (Å²) < 4.78 is 23.9. The highest BCUT2D eigenvalue weighted by atomic mass is 32.2. The highest BCUT2D eigenvalue weighted by Crippen LogP contribution is 2.03. The first-order valence-corrected chi connectivity index (χ1v) is 6.18. The highest BCUT2D eigenvalue weighted by molar-refractivity contribution is 7.89. The summed E-state index contributed by atoms with van der Waals surface area (Å²) in [6, 6.07) is 1.57. The van der Waals surface area contributed by atoms with Crippen LogP contribution in [0.2, 0.25) is 0 Å². The third-order valence-electron chi connectivity index (χ3n) is 2.06. The lowest BCUT2D eigenvalue weighted by Crippen LogP contribution is -2.19. The van der Waals surface area contributed by atoms with Crippen molar-refractivity contribution in [1.82, 2.24) is 3.97 Å². The van der Waals surface area contributed by atoms with Gasteiger partial charge in [-0.2, -0.15) is 0 Å². The fourth-order valence-electron chi connectivity index (χ4n) is 1.32. The molecule has 0 aromatic carbocycles. The van der Waals surface area contributed by atoms with Crippen molar-refractivity contribution in [2.45, 2.75) is 20.3 Å². The molecule has 0 amide bonds. The molecule has 0 aliphatic carbocycles. The van der Waals surface area contributed by atoms with Crippen LogP contribution in [-0.2, 0) is 16.4 Å². The standard InChI is InChI=1S/C9H14N2O2S/c1-4-8-6-11(14(3,12)13)7(2)5-9(8)10/h5-6,10H,4H2,1-3H3. The van der Waals surface area contributed by atoms with Gasteiger partial charge in [-0.05, 0) is 25.0 Å². The number of nitrogens with one attached hydrogen (secondary N) is 1. The molecule has 0 saturated carbocycles. The average molecular weight is 214 g/mol. The van der Waals surface area contributed by atoms with Gasteiger partial charge in [0.25, 0.3) is 0 Å². The number of pyridine rings is 1. The minimum atomic E-state index is -3.25. The van der Waals surface area contributed by atoms with Crippen molar-refractivity contribution in [2.24, 2.45) is 0 Å². The number of nitrogens with zero attached hydrogens (tertiary/aromatic N) is 1. The van der Waals surface area contributed by atoms with E-state index in [1.54, 1.807) is 13.0 Å². The van der Waals surface area contributed by atoms with Crippen molar-refractivity contribution in [1.29, 1.82) is 5.41 Å². The van der Waals surface area contributed by atoms with Crippen molar-refractivity contribution >= 4 is 10.0 Å². The van der Waals surface area contributed by atoms with Crippen molar-refractivity contribution in [3.8, 4) is 0 Å². The molecule has 14 heavy (non-hydrogen) atoms. The summed E-state index contributed by atoms with van der Waals surface area (Å²) in [5.74, 6) is 0. The monoisotopic (exact) mass is 214 g/mol. The van der Waals surface area contributed by atoms with Gasteiger partial charge in [-0.3, -0.25) is 0 Å². The van der Waals surface area contributed by atoms with Gasteiger partial charge >= 0.3 is 0 Å². The largest absolute Gasteiger partial charge is 0.300 e. The normalized spacial score (nSPS) is 11.6. The summed E-state index contributed by atoms with van der Waals surface area (Å²) in [5.41, 5.74) is 1.30. The lowest BCUT2D eigenvalue weighted by molar-refractivity contribution is 0.591. The fraction of sp³-hybridized carbons (Fsp3) is 0.444. The predicted octanol–water partition coefficient (Wildman–Crippen LogP) is 0.646. The van der Waals surface area contributed by atoms with Crippen LogP contribution in [0.1, 0.15) is 18.2 Å². The minimum absolute atomic E-state index is 0.393. The SMILES string of the molecule is CCc1cn(S(C)(=O)=O)c(C)cc1=N. The Morgan fingerprint density at radius 1 is 1.50 bits per heavy atom. The number of hydrogen-bond donors (Lipinski definition) is 1. The molecule has 0 fully saturated rings. The zero-order valence-corrected chi connectivity index (χ0v) is 9.35. The van der Waals surface area contributed by atoms with Crippen LogP contribution >= 0.6 is 0 Å². The van der Waals surface area contributed by atoms with Crippen LogP contribution in [0.3, 0.4) is 0 Å². The number of aryl methyl sites for hydroxylation is 2. The van der Waals surface area contributed by atoms with Gasteiger partial charge in [0.2, 0.25) is 10.0 Å². The van der Waals surface area contributed by atoms with Gasteiger partial charge < -0.3 is 5.41 Å². The van der Waals surface area contributed by atoms with Crippen LogP contribution < -0.4 is 5.36 Å². The van der Waals surface area contributed by atoms with Gasteiger partial charge in [-0.1, -0.05) is 6.92 Å². The maximum atomic E-state index is 11.3. The quantitative estimate of drug-likeness (QED) is 0.785. The van der Waals surface area contributed by atoms with E-state index in [-0.39, 0.29) is 0 Å². The van der Waals surface area contributed by atoms with Crippen molar-refractivity contribution in [2.75, 3.05) is 6.26 Å². The third-order valence-corrected chi connectivity index (χ3v) is 3.17. The van der Waals surface area contributed by atoms with E-state index in [9.17, 15) is 8.42 Å². The number of rotatable bonds is 2. The second-order valence-electron chi connectivity index (χ2n) is 3.27. The molecular formula is C9H14N2O2S. The molecule has 1 aromatic heterocycles. The summed E-state index contributed by atoms with van der Waals surface area (Å²) in [6.45, 7) is 3.58. The molecule has 1 aromatic rings. The zero-order chi connectivity index (χ0) is 10.9. The van der Waals surface area contributed by atoms with Gasteiger partial charge in [-0.15, -0.1) is 0 Å². The maximum absolute atomic E-state index is 11.3. The van der Waals surface area contributed by atoms with Gasteiger partial charge in [-0.25, -0.2) is 12.4 Å². The predicted molar refractivity (Wildman–Crippen MR) is 54.6 cm³/mol. The molecule has 0 aliphatic heterocycles. The Balaban J connectivity index is 3.55. The van der Waals surface area contributed by atoms with Crippen LogP contribution in [0.15, 0.2) is 12.3 Å². The summed E-state index contributed by atoms with van der Waals surface area (Å²) in [4.78, 5) is 0. The third kappa shape index (κ3) is 2.04. The molecule has 0 spiro atoms. The fourth-order valence-corrected chi connectivity index (χ4v) is 2.21. The Labute approximate surface area is 83.8 Å². The van der Waals surface area contributed by atoms with E-state index in [2.05, 4.69) is 0 Å². The molecule has 0 bridgehead atoms. The smallest absolute Gasteiger partial charge is 0.235 e. The van der Waals surface area contributed by atoms with Crippen molar-refractivity contribution in [3.05, 3.63) is 28.9 Å². The summed E-state index contributed by atoms with van der Waals surface area (Å²) in [5, 5.41) is 8.00. The van der Waals surface area contributed by atoms with Crippen LogP contribution in [0.5, 0.6) is 0 Å². The Bertz CT molecular complexity index is 500. The lowest BCUT2D eigenvalue weighted by Gasteiger charge is -2.10. The van der Waals surface area contributed by atoms with E-state index in [4.69, 9.17) is 5.41 Å². The first kappa shape index (κ1) is 11.0. The molecule has 0 saturated heterocycles. The van der Waals surface area contributed by atoms with Crippen LogP contribution in [0, 0.1) is 12.3 Å². The molecule has 0 radical (unpaired) electrons. The average Bonchev–Trinajstić information content (AvgIpc) is 2.02. The molecule has 0 aliphatic rings. The Morgan fingerprint density at radius 3 is 2.50 bits per heavy atom. The molecule has 1 heterocycles. The maximum Gasteiger partial charge on any atom is 0.235 e. The van der Waals surface area contributed by atoms with Crippen molar-refractivity contribution < 1.29 is 8.42 Å². The second-order valence-corrected chi connectivity index (χ2v) is 5.13. The first-order chi connectivity index (χ1) is 6.36. The molecular weight excluding hydrogens is 200 g/mol. The molecule has 78 valence electrons. The molecule has 0 unspecified atom stereocenters. The van der Waals surface area contributed by atoms with Gasteiger partial charge in [0, 0.05) is 11.9 Å².